The summed E-state index contributed by atoms with van der Waals surface area (Å²) in [5.74, 6) is -0.140. The van der Waals surface area contributed by atoms with Crippen molar-refractivity contribution >= 4 is 22.9 Å². The number of halogens is 1. The molecule has 4 atom stereocenters. The summed E-state index contributed by atoms with van der Waals surface area (Å²) in [6, 6.07) is 1.59. The minimum absolute atomic E-state index is 0.00362. The highest BCUT2D eigenvalue weighted by atomic mass is 19.1. The second-order valence-electron chi connectivity index (χ2n) is 4.85. The van der Waals surface area contributed by atoms with Crippen LogP contribution in [0.2, 0.25) is 0 Å². The summed E-state index contributed by atoms with van der Waals surface area (Å²) < 4.78 is 20.7. The average Bonchev–Trinajstić information content (AvgIpc) is 3.01. The molecule has 1 fully saturated rings. The number of aromatic nitrogens is 4. The molecule has 2 aromatic rings. The van der Waals surface area contributed by atoms with E-state index in [9.17, 15) is 14.6 Å². The van der Waals surface area contributed by atoms with Crippen LogP contribution in [0.25, 0.3) is 11.2 Å². The normalized spacial score (nSPS) is 31.5. The van der Waals surface area contributed by atoms with Gasteiger partial charge in [0.1, 0.15) is 17.7 Å². The van der Waals surface area contributed by atoms with E-state index in [-0.39, 0.29) is 22.9 Å². The van der Waals surface area contributed by atoms with Crippen molar-refractivity contribution < 1.29 is 19.3 Å². The van der Waals surface area contributed by atoms with Gasteiger partial charge in [-0.25, -0.2) is 9.37 Å². The van der Waals surface area contributed by atoms with E-state index in [1.807, 2.05) is 0 Å². The minimum atomic E-state index is -2.06. The first-order chi connectivity index (χ1) is 10.4. The third kappa shape index (κ3) is 1.78. The van der Waals surface area contributed by atoms with E-state index < -0.39 is 30.7 Å². The Balaban J connectivity index is 2.11. The number of nitriles is 1. The SMILES string of the molecule is N#CC1(CO)OC(n2cnc3c(N)nc(N)nc32)C(F)C1O. The molecule has 0 aromatic carbocycles. The Bertz CT molecular complexity index is 775. The Labute approximate surface area is 122 Å². The molecule has 0 radical (unpaired) electrons. The van der Waals surface area contributed by atoms with Crippen LogP contribution in [0.3, 0.4) is 0 Å². The third-order valence-corrected chi connectivity index (χ3v) is 3.55. The molecule has 0 bridgehead atoms. The molecule has 2 aromatic heterocycles. The summed E-state index contributed by atoms with van der Waals surface area (Å²) in [6.45, 7) is -0.868. The number of anilines is 2. The maximum atomic E-state index is 14.4. The lowest BCUT2D eigenvalue weighted by Crippen LogP contribution is -2.44. The first-order valence-electron chi connectivity index (χ1n) is 6.21. The van der Waals surface area contributed by atoms with E-state index in [1.54, 1.807) is 6.07 Å². The van der Waals surface area contributed by atoms with Crippen LogP contribution in [0, 0.1) is 11.3 Å². The van der Waals surface area contributed by atoms with Crippen molar-refractivity contribution in [3.63, 3.8) is 0 Å². The summed E-state index contributed by atoms with van der Waals surface area (Å²) in [5.41, 5.74) is 9.36. The fourth-order valence-corrected chi connectivity index (χ4v) is 2.37. The highest BCUT2D eigenvalue weighted by Gasteiger charge is 2.56. The number of imidazole rings is 1. The highest BCUT2D eigenvalue weighted by Crippen LogP contribution is 2.39. The third-order valence-electron chi connectivity index (χ3n) is 3.55. The summed E-state index contributed by atoms with van der Waals surface area (Å²) in [4.78, 5) is 11.6. The standard InChI is InChI=1S/C11H12FN7O3/c12-4-6(21)11(1-13,2-20)22-9(4)19-3-16-5-7(14)17-10(15)18-8(5)19/h3-4,6,9,20-21H,2H2,(H4,14,15,17,18). The molecule has 1 aliphatic heterocycles. The molecule has 10 nitrogen and oxygen atoms in total. The molecule has 11 heteroatoms. The Hall–Kier alpha value is -2.55. The smallest absolute Gasteiger partial charge is 0.224 e. The molecule has 0 spiro atoms. The molecule has 4 unspecified atom stereocenters. The quantitative estimate of drug-likeness (QED) is 0.514. The number of nitrogens with two attached hydrogens (primary N) is 2. The van der Waals surface area contributed by atoms with Crippen molar-refractivity contribution in [2.75, 3.05) is 18.1 Å². The zero-order chi connectivity index (χ0) is 16.1. The number of aliphatic hydroxyl groups excluding tert-OH is 2. The van der Waals surface area contributed by atoms with E-state index >= 15 is 0 Å². The van der Waals surface area contributed by atoms with Crippen LogP contribution in [0.4, 0.5) is 16.2 Å². The second kappa shape index (κ2) is 4.73. The van der Waals surface area contributed by atoms with Gasteiger partial charge in [-0.3, -0.25) is 4.57 Å². The lowest BCUT2D eigenvalue weighted by atomic mass is 9.99. The maximum Gasteiger partial charge on any atom is 0.224 e. The Morgan fingerprint density at radius 1 is 1.50 bits per heavy atom. The number of fused-ring (bicyclic) bond motifs is 1. The number of nitrogens with zero attached hydrogens (tertiary/aromatic N) is 5. The van der Waals surface area contributed by atoms with Gasteiger partial charge in [0, 0.05) is 0 Å². The van der Waals surface area contributed by atoms with Gasteiger partial charge in [0.05, 0.1) is 12.9 Å². The molecular weight excluding hydrogens is 297 g/mol. The largest absolute Gasteiger partial charge is 0.392 e. The van der Waals surface area contributed by atoms with Gasteiger partial charge < -0.3 is 26.4 Å². The van der Waals surface area contributed by atoms with Crippen molar-refractivity contribution in [2.24, 2.45) is 0 Å². The molecule has 6 N–H and O–H groups in total. The van der Waals surface area contributed by atoms with Crippen LogP contribution >= 0.6 is 0 Å². The molecule has 0 saturated carbocycles. The van der Waals surface area contributed by atoms with Crippen molar-refractivity contribution in [2.45, 2.75) is 24.1 Å². The first-order valence-corrected chi connectivity index (χ1v) is 6.21. The van der Waals surface area contributed by atoms with E-state index in [0.29, 0.717) is 0 Å². The minimum Gasteiger partial charge on any atom is -0.392 e. The van der Waals surface area contributed by atoms with Crippen LogP contribution in [0.15, 0.2) is 6.33 Å². The summed E-state index contributed by atoms with van der Waals surface area (Å²) >= 11 is 0. The Morgan fingerprint density at radius 3 is 2.82 bits per heavy atom. The molecule has 1 saturated heterocycles. The van der Waals surface area contributed by atoms with Crippen LogP contribution in [-0.2, 0) is 4.74 Å². The van der Waals surface area contributed by atoms with E-state index in [4.69, 9.17) is 21.5 Å². The number of hydrogen-bond acceptors (Lipinski definition) is 9. The molecule has 3 heterocycles. The monoisotopic (exact) mass is 309 g/mol. The van der Waals surface area contributed by atoms with Crippen molar-refractivity contribution in [3.05, 3.63) is 6.33 Å². The van der Waals surface area contributed by atoms with Gasteiger partial charge in [-0.2, -0.15) is 15.2 Å². The molecule has 116 valence electrons. The summed E-state index contributed by atoms with van der Waals surface area (Å²) in [6.07, 6.45) is -4.05. The number of alkyl halides is 1. The predicted octanol–water partition coefficient (Wildman–Crippen LogP) is -1.53. The molecule has 22 heavy (non-hydrogen) atoms. The zero-order valence-corrected chi connectivity index (χ0v) is 11.1. The van der Waals surface area contributed by atoms with Gasteiger partial charge in [-0.1, -0.05) is 0 Å². The van der Waals surface area contributed by atoms with E-state index in [2.05, 4.69) is 15.0 Å². The van der Waals surface area contributed by atoms with Crippen molar-refractivity contribution in [1.29, 1.82) is 5.26 Å². The predicted molar refractivity (Wildman–Crippen MR) is 70.6 cm³/mol. The van der Waals surface area contributed by atoms with Gasteiger partial charge in [0.2, 0.25) is 11.5 Å². The fraction of sp³-hybridized carbons (Fsp3) is 0.455. The summed E-state index contributed by atoms with van der Waals surface area (Å²) in [7, 11) is 0. The second-order valence-corrected chi connectivity index (χ2v) is 4.85. The van der Waals surface area contributed by atoms with Crippen molar-refractivity contribution in [1.82, 2.24) is 19.5 Å². The number of nitrogen functional groups attached to an aromatic ring is 2. The molecular formula is C11H12FN7O3. The molecule has 3 rings (SSSR count). The number of ether oxygens (including phenoxy) is 1. The maximum absolute atomic E-state index is 14.4. The van der Waals surface area contributed by atoms with Crippen LogP contribution in [0.1, 0.15) is 6.23 Å². The van der Waals surface area contributed by atoms with Gasteiger partial charge in [0.15, 0.2) is 23.9 Å². The van der Waals surface area contributed by atoms with Crippen LogP contribution < -0.4 is 11.5 Å². The number of aliphatic hydroxyl groups is 2. The Morgan fingerprint density at radius 2 is 2.23 bits per heavy atom. The van der Waals surface area contributed by atoms with Crippen LogP contribution in [-0.4, -0.2) is 54.2 Å². The summed E-state index contributed by atoms with van der Waals surface area (Å²) in [5, 5.41) is 28.2. The van der Waals surface area contributed by atoms with Crippen LogP contribution in [0.5, 0.6) is 0 Å². The fourth-order valence-electron chi connectivity index (χ4n) is 2.37. The van der Waals surface area contributed by atoms with E-state index in [1.165, 1.54) is 6.33 Å². The highest BCUT2D eigenvalue weighted by molar-refractivity contribution is 5.82. The zero-order valence-electron chi connectivity index (χ0n) is 11.1. The van der Waals surface area contributed by atoms with Gasteiger partial charge in [-0.05, 0) is 0 Å². The lowest BCUT2D eigenvalue weighted by Gasteiger charge is -2.21. The topological polar surface area (TPSA) is 169 Å². The average molecular weight is 309 g/mol. The molecule has 0 amide bonds. The van der Waals surface area contributed by atoms with Gasteiger partial charge in [0.25, 0.3) is 0 Å². The number of hydrogen-bond donors (Lipinski definition) is 4. The van der Waals surface area contributed by atoms with E-state index in [0.717, 1.165) is 4.57 Å². The van der Waals surface area contributed by atoms with Gasteiger partial charge in [-0.15, -0.1) is 0 Å². The van der Waals surface area contributed by atoms with Gasteiger partial charge >= 0.3 is 0 Å². The first kappa shape index (κ1) is 14.4. The van der Waals surface area contributed by atoms with Crippen molar-refractivity contribution in [3.8, 4) is 6.07 Å². The molecule has 1 aliphatic rings. The molecule has 0 aliphatic carbocycles. The number of rotatable bonds is 2. The lowest BCUT2D eigenvalue weighted by molar-refractivity contribution is -0.0912. The Kier molecular flexibility index (Phi) is 3.10.